The van der Waals surface area contributed by atoms with Gasteiger partial charge in [-0.25, -0.2) is 4.98 Å². The molecular weight excluding hydrogens is 380 g/mol. The first kappa shape index (κ1) is 19.0. The number of benzene rings is 1. The molecule has 0 spiro atoms. The van der Waals surface area contributed by atoms with E-state index in [1.165, 1.54) is 12.8 Å². The molecule has 29 heavy (non-hydrogen) atoms. The summed E-state index contributed by atoms with van der Waals surface area (Å²) in [4.78, 5) is 8.44. The molecule has 2 aromatic heterocycles. The summed E-state index contributed by atoms with van der Waals surface area (Å²) in [5.74, 6) is 1.91. The van der Waals surface area contributed by atoms with E-state index in [2.05, 4.69) is 28.5 Å². The molecule has 4 nitrogen and oxygen atoms in total. The van der Waals surface area contributed by atoms with Crippen LogP contribution in [0.3, 0.4) is 0 Å². The van der Waals surface area contributed by atoms with Gasteiger partial charge in [0.15, 0.2) is 0 Å². The number of hydrogen-bond acceptors (Lipinski definition) is 5. The zero-order valence-corrected chi connectivity index (χ0v) is 17.7. The summed E-state index contributed by atoms with van der Waals surface area (Å²) in [5.41, 5.74) is 1.39. The van der Waals surface area contributed by atoms with E-state index in [0.29, 0.717) is 6.04 Å². The van der Waals surface area contributed by atoms with Crippen molar-refractivity contribution >= 4 is 11.3 Å². The monoisotopic (exact) mass is 408 g/mol. The Balaban J connectivity index is 1.40. The Bertz CT molecular complexity index is 953. The first-order valence-corrected chi connectivity index (χ1v) is 11.6. The number of rotatable bonds is 4. The number of fused-ring (bicyclic) bond motifs is 1. The number of likely N-dealkylation sites (tertiary alicyclic amines) is 1. The van der Waals surface area contributed by atoms with Gasteiger partial charge in [-0.15, -0.1) is 11.3 Å². The summed E-state index contributed by atoms with van der Waals surface area (Å²) >= 11 is 1.66. The van der Waals surface area contributed by atoms with Gasteiger partial charge in [0.25, 0.3) is 0 Å². The quantitative estimate of drug-likeness (QED) is 0.631. The predicted octanol–water partition coefficient (Wildman–Crippen LogP) is 5.36. The molecule has 0 unspecified atom stereocenters. The molecule has 3 atom stereocenters. The van der Waals surface area contributed by atoms with Gasteiger partial charge in [-0.3, -0.25) is 4.90 Å². The minimum absolute atomic E-state index is 0.274. The van der Waals surface area contributed by atoms with Gasteiger partial charge in [0.1, 0.15) is 5.76 Å². The van der Waals surface area contributed by atoms with Gasteiger partial charge in [-0.05, 0) is 43.2 Å². The second-order valence-corrected chi connectivity index (χ2v) is 9.42. The maximum absolute atomic E-state index is 11.7. The van der Waals surface area contributed by atoms with E-state index in [1.807, 2.05) is 31.2 Å². The van der Waals surface area contributed by atoms with Crippen LogP contribution in [0.5, 0.6) is 0 Å². The second kappa shape index (κ2) is 7.71. The molecule has 5 rings (SSSR count). The molecule has 1 aromatic carbocycles. The highest BCUT2D eigenvalue weighted by Gasteiger charge is 2.49. The number of aliphatic hydroxyl groups is 1. The van der Waals surface area contributed by atoms with Crippen molar-refractivity contribution in [1.82, 2.24) is 9.88 Å². The average molecular weight is 409 g/mol. The minimum atomic E-state index is -0.718. The molecule has 2 fully saturated rings. The largest absolute Gasteiger partial charge is 0.440 e. The smallest absolute Gasteiger partial charge is 0.236 e. The van der Waals surface area contributed by atoms with Gasteiger partial charge >= 0.3 is 0 Å². The molecule has 0 amide bonds. The number of piperidine rings is 1. The SMILES string of the molecule is Cc1oc(-c2cccs2)nc1CN1CC[C@](O)(c2ccccc2)[C@@H]2CCCC[C@H]21. The molecule has 1 saturated heterocycles. The van der Waals surface area contributed by atoms with Crippen LogP contribution in [0.1, 0.15) is 49.1 Å². The Morgan fingerprint density at radius 2 is 2.00 bits per heavy atom. The Morgan fingerprint density at radius 1 is 1.17 bits per heavy atom. The van der Waals surface area contributed by atoms with Crippen molar-refractivity contribution in [2.75, 3.05) is 6.54 Å². The van der Waals surface area contributed by atoms with Gasteiger partial charge in [0.05, 0.1) is 16.2 Å². The Labute approximate surface area is 176 Å². The van der Waals surface area contributed by atoms with Crippen LogP contribution in [-0.2, 0) is 12.1 Å². The summed E-state index contributed by atoms with van der Waals surface area (Å²) in [5, 5.41) is 13.8. The van der Waals surface area contributed by atoms with E-state index < -0.39 is 5.60 Å². The maximum atomic E-state index is 11.7. The Hall–Kier alpha value is -1.95. The van der Waals surface area contributed by atoms with Crippen LogP contribution in [0.15, 0.2) is 52.3 Å². The van der Waals surface area contributed by atoms with Crippen molar-refractivity contribution in [3.63, 3.8) is 0 Å². The summed E-state index contributed by atoms with van der Waals surface area (Å²) in [6.07, 6.45) is 5.45. The van der Waals surface area contributed by atoms with E-state index in [-0.39, 0.29) is 5.92 Å². The van der Waals surface area contributed by atoms with Gasteiger partial charge in [0.2, 0.25) is 5.89 Å². The minimum Gasteiger partial charge on any atom is -0.440 e. The first-order valence-electron chi connectivity index (χ1n) is 10.7. The van der Waals surface area contributed by atoms with Crippen LogP contribution in [0.4, 0.5) is 0 Å². The third kappa shape index (κ3) is 3.45. The molecule has 1 saturated carbocycles. The molecule has 1 N–H and O–H groups in total. The molecule has 3 heterocycles. The van der Waals surface area contributed by atoms with E-state index in [1.54, 1.807) is 11.3 Å². The van der Waals surface area contributed by atoms with Crippen LogP contribution in [0, 0.1) is 12.8 Å². The van der Waals surface area contributed by atoms with Crippen LogP contribution < -0.4 is 0 Å². The highest BCUT2D eigenvalue weighted by molar-refractivity contribution is 7.13. The molecule has 3 aromatic rings. The summed E-state index contributed by atoms with van der Waals surface area (Å²) < 4.78 is 5.97. The molecular formula is C24H28N2O2S. The lowest BCUT2D eigenvalue weighted by atomic mass is 9.66. The van der Waals surface area contributed by atoms with Gasteiger partial charge < -0.3 is 9.52 Å². The van der Waals surface area contributed by atoms with E-state index >= 15 is 0 Å². The fourth-order valence-electron chi connectivity index (χ4n) is 5.32. The topological polar surface area (TPSA) is 49.5 Å². The summed E-state index contributed by atoms with van der Waals surface area (Å²) in [6.45, 7) is 3.70. The molecule has 1 aliphatic carbocycles. The zero-order chi connectivity index (χ0) is 19.8. The van der Waals surface area contributed by atoms with Gasteiger partial charge in [-0.2, -0.15) is 0 Å². The predicted molar refractivity (Wildman–Crippen MR) is 116 cm³/mol. The second-order valence-electron chi connectivity index (χ2n) is 8.47. The molecule has 0 bridgehead atoms. The Morgan fingerprint density at radius 3 is 2.79 bits per heavy atom. The van der Waals surface area contributed by atoms with Crippen LogP contribution in [0.25, 0.3) is 10.8 Å². The van der Waals surface area contributed by atoms with Gasteiger partial charge in [-0.1, -0.05) is 49.2 Å². The van der Waals surface area contributed by atoms with Crippen molar-refractivity contribution in [1.29, 1.82) is 0 Å². The summed E-state index contributed by atoms with van der Waals surface area (Å²) in [7, 11) is 0. The van der Waals surface area contributed by atoms with Crippen molar-refractivity contribution < 1.29 is 9.52 Å². The Kier molecular flexibility index (Phi) is 5.06. The lowest BCUT2D eigenvalue weighted by molar-refractivity contribution is -0.123. The van der Waals surface area contributed by atoms with E-state index in [0.717, 1.165) is 60.1 Å². The molecule has 152 valence electrons. The van der Waals surface area contributed by atoms with Crippen LogP contribution >= 0.6 is 11.3 Å². The lowest BCUT2D eigenvalue weighted by Gasteiger charge is -2.52. The van der Waals surface area contributed by atoms with Crippen molar-refractivity contribution in [2.24, 2.45) is 5.92 Å². The lowest BCUT2D eigenvalue weighted by Crippen LogP contribution is -2.57. The number of oxazole rings is 1. The fourth-order valence-corrected chi connectivity index (χ4v) is 5.97. The van der Waals surface area contributed by atoms with Crippen molar-refractivity contribution in [3.05, 3.63) is 64.9 Å². The fraction of sp³-hybridized carbons (Fsp3) is 0.458. The molecule has 5 heteroatoms. The maximum Gasteiger partial charge on any atom is 0.236 e. The molecule has 0 radical (unpaired) electrons. The normalized spacial score (nSPS) is 27.7. The first-order chi connectivity index (χ1) is 14.1. The molecule has 1 aliphatic heterocycles. The highest BCUT2D eigenvalue weighted by Crippen LogP contribution is 2.47. The van der Waals surface area contributed by atoms with Crippen LogP contribution in [-0.4, -0.2) is 27.6 Å². The zero-order valence-electron chi connectivity index (χ0n) is 16.9. The number of aryl methyl sites for hydroxylation is 1. The van der Waals surface area contributed by atoms with Crippen LogP contribution in [0.2, 0.25) is 0 Å². The van der Waals surface area contributed by atoms with Crippen molar-refractivity contribution in [3.8, 4) is 10.8 Å². The highest BCUT2D eigenvalue weighted by atomic mass is 32.1. The van der Waals surface area contributed by atoms with Gasteiger partial charge in [0, 0.05) is 25.0 Å². The van der Waals surface area contributed by atoms with Crippen molar-refractivity contribution in [2.45, 2.75) is 57.2 Å². The third-order valence-electron chi connectivity index (χ3n) is 6.84. The number of thiophene rings is 1. The number of aromatic nitrogens is 1. The summed E-state index contributed by atoms with van der Waals surface area (Å²) in [6, 6.07) is 14.8. The standard InChI is InChI=1S/C24H28N2O2S/c1-17-20(25-23(28-17)22-12-7-15-29-22)16-26-14-13-24(27,18-8-3-2-4-9-18)19-10-5-6-11-21(19)26/h2-4,7-9,12,15,19,21,27H,5-6,10-11,13-14,16H2,1H3/t19-,21-,24+/m1/s1. The number of nitrogens with zero attached hydrogens (tertiary/aromatic N) is 2. The third-order valence-corrected chi connectivity index (χ3v) is 7.70. The average Bonchev–Trinajstić information content (AvgIpc) is 3.41. The van der Waals surface area contributed by atoms with E-state index in [4.69, 9.17) is 9.40 Å². The number of hydrogen-bond donors (Lipinski definition) is 1. The molecule has 2 aliphatic rings. The van der Waals surface area contributed by atoms with E-state index in [9.17, 15) is 5.11 Å².